The molecule has 1 aromatic carbocycles. The normalized spacial score (nSPS) is 11.1. The van der Waals surface area contributed by atoms with Crippen molar-refractivity contribution in [3.8, 4) is 6.07 Å². The van der Waals surface area contributed by atoms with Crippen LogP contribution in [-0.4, -0.2) is 5.51 Å². The van der Waals surface area contributed by atoms with E-state index in [2.05, 4.69) is 15.9 Å². The van der Waals surface area contributed by atoms with E-state index in [4.69, 9.17) is 5.26 Å². The molecule has 6 heteroatoms. The van der Waals surface area contributed by atoms with Crippen molar-refractivity contribution >= 4 is 27.7 Å². The third-order valence-corrected chi connectivity index (χ3v) is 2.67. The summed E-state index contributed by atoms with van der Waals surface area (Å²) in [4.78, 5) is 0.0587. The first-order valence-corrected chi connectivity index (χ1v) is 4.99. The summed E-state index contributed by atoms with van der Waals surface area (Å²) in [5.41, 5.74) is -3.98. The number of nitriles is 1. The minimum absolute atomic E-state index is 0.0587. The van der Waals surface area contributed by atoms with Gasteiger partial charge in [0.2, 0.25) is 0 Å². The Balaban J connectivity index is 2.94. The van der Waals surface area contributed by atoms with Crippen LogP contribution in [0, 0.1) is 11.3 Å². The Bertz CT molecular complexity index is 383. The lowest BCUT2D eigenvalue weighted by Crippen LogP contribution is -1.98. The highest BCUT2D eigenvalue weighted by atomic mass is 79.9. The Hall–Kier alpha value is -0.670. The number of halogens is 4. The van der Waals surface area contributed by atoms with E-state index in [9.17, 15) is 13.2 Å². The van der Waals surface area contributed by atoms with Crippen molar-refractivity contribution < 1.29 is 13.2 Å². The van der Waals surface area contributed by atoms with E-state index < -0.39 is 5.51 Å². The van der Waals surface area contributed by atoms with Gasteiger partial charge in [0.1, 0.15) is 6.07 Å². The summed E-state index contributed by atoms with van der Waals surface area (Å²) in [6.07, 6.45) is 0. The van der Waals surface area contributed by atoms with Crippen LogP contribution in [0.3, 0.4) is 0 Å². The maximum atomic E-state index is 11.9. The van der Waals surface area contributed by atoms with Crippen molar-refractivity contribution in [3.05, 3.63) is 28.2 Å². The minimum atomic E-state index is -4.30. The quantitative estimate of drug-likeness (QED) is 0.728. The maximum absolute atomic E-state index is 11.9. The number of hydrogen-bond donors (Lipinski definition) is 0. The van der Waals surface area contributed by atoms with Crippen LogP contribution >= 0.6 is 27.7 Å². The van der Waals surface area contributed by atoms with Gasteiger partial charge in [-0.05, 0) is 45.9 Å². The van der Waals surface area contributed by atoms with Gasteiger partial charge in [-0.1, -0.05) is 0 Å². The number of rotatable bonds is 1. The van der Waals surface area contributed by atoms with Crippen molar-refractivity contribution in [2.24, 2.45) is 0 Å². The Kier molecular flexibility index (Phi) is 3.45. The molecule has 0 N–H and O–H groups in total. The highest BCUT2D eigenvalue weighted by Gasteiger charge is 2.29. The molecule has 0 fully saturated rings. The molecule has 0 amide bonds. The van der Waals surface area contributed by atoms with Gasteiger partial charge in [0.05, 0.1) is 5.56 Å². The Morgan fingerprint density at radius 2 is 2.00 bits per heavy atom. The van der Waals surface area contributed by atoms with Crippen molar-refractivity contribution in [2.45, 2.75) is 10.4 Å². The van der Waals surface area contributed by atoms with E-state index in [1.807, 2.05) is 6.07 Å². The van der Waals surface area contributed by atoms with Gasteiger partial charge in [-0.2, -0.15) is 18.4 Å². The first kappa shape index (κ1) is 11.4. The fourth-order valence-corrected chi connectivity index (χ4v) is 1.98. The molecular formula is C8H3BrF3NS. The third-order valence-electron chi connectivity index (χ3n) is 1.29. The summed E-state index contributed by atoms with van der Waals surface area (Å²) in [5.74, 6) is 0. The molecule has 0 radical (unpaired) electrons. The molecule has 0 atom stereocenters. The van der Waals surface area contributed by atoms with Crippen molar-refractivity contribution in [2.75, 3.05) is 0 Å². The molecule has 1 nitrogen and oxygen atoms in total. The van der Waals surface area contributed by atoms with Crippen LogP contribution in [0.4, 0.5) is 13.2 Å². The molecule has 0 aliphatic heterocycles. The van der Waals surface area contributed by atoms with Crippen LogP contribution in [0.25, 0.3) is 0 Å². The standard InChI is InChI=1S/C8H3BrF3NS/c9-7-3-6(14-8(10,11)12)2-1-5(7)4-13/h1-3H. The van der Waals surface area contributed by atoms with Crippen LogP contribution in [-0.2, 0) is 0 Å². The van der Waals surface area contributed by atoms with Gasteiger partial charge < -0.3 is 0 Å². The summed E-state index contributed by atoms with van der Waals surface area (Å²) >= 11 is 2.81. The second-order valence-corrected chi connectivity index (χ2v) is 4.29. The lowest BCUT2D eigenvalue weighted by Gasteiger charge is -2.05. The smallest absolute Gasteiger partial charge is 0.192 e. The van der Waals surface area contributed by atoms with E-state index in [-0.39, 0.29) is 16.7 Å². The first-order chi connectivity index (χ1) is 6.42. The fourth-order valence-electron chi connectivity index (χ4n) is 0.784. The Morgan fingerprint density at radius 3 is 2.43 bits per heavy atom. The zero-order chi connectivity index (χ0) is 10.8. The monoisotopic (exact) mass is 281 g/mol. The molecule has 0 spiro atoms. The molecule has 0 unspecified atom stereocenters. The molecule has 0 saturated carbocycles. The average Bonchev–Trinajstić information content (AvgIpc) is 2.01. The Labute approximate surface area is 91.0 Å². The molecule has 74 valence electrons. The van der Waals surface area contributed by atoms with Crippen molar-refractivity contribution in [1.82, 2.24) is 0 Å². The molecule has 1 aromatic rings. The highest BCUT2D eigenvalue weighted by molar-refractivity contribution is 9.10. The van der Waals surface area contributed by atoms with E-state index in [0.29, 0.717) is 10.0 Å². The van der Waals surface area contributed by atoms with Crippen LogP contribution in [0.15, 0.2) is 27.6 Å². The fraction of sp³-hybridized carbons (Fsp3) is 0.125. The summed E-state index contributed by atoms with van der Waals surface area (Å²) in [7, 11) is 0. The second kappa shape index (κ2) is 4.24. The molecule has 0 heterocycles. The van der Waals surface area contributed by atoms with Gasteiger partial charge in [0.15, 0.2) is 0 Å². The lowest BCUT2D eigenvalue weighted by molar-refractivity contribution is -0.0328. The number of thioether (sulfide) groups is 1. The number of nitrogens with zero attached hydrogens (tertiary/aromatic N) is 1. The molecule has 0 bridgehead atoms. The van der Waals surface area contributed by atoms with Crippen molar-refractivity contribution in [1.29, 1.82) is 5.26 Å². The topological polar surface area (TPSA) is 23.8 Å². The summed E-state index contributed by atoms with van der Waals surface area (Å²) in [6.45, 7) is 0. The van der Waals surface area contributed by atoms with Gasteiger partial charge in [0.25, 0.3) is 0 Å². The molecule has 0 saturated heterocycles. The second-order valence-electron chi connectivity index (χ2n) is 2.30. The van der Waals surface area contributed by atoms with E-state index >= 15 is 0 Å². The molecule has 1 rings (SSSR count). The maximum Gasteiger partial charge on any atom is 0.446 e. The molecule has 0 aliphatic carbocycles. The molecule has 0 aliphatic rings. The van der Waals surface area contributed by atoms with Gasteiger partial charge >= 0.3 is 5.51 Å². The first-order valence-electron chi connectivity index (χ1n) is 3.38. The van der Waals surface area contributed by atoms with Crippen LogP contribution < -0.4 is 0 Å². The van der Waals surface area contributed by atoms with E-state index in [1.54, 1.807) is 0 Å². The third kappa shape index (κ3) is 3.24. The highest BCUT2D eigenvalue weighted by Crippen LogP contribution is 2.38. The summed E-state index contributed by atoms with van der Waals surface area (Å²) < 4.78 is 36.2. The molecule has 14 heavy (non-hydrogen) atoms. The zero-order valence-corrected chi connectivity index (χ0v) is 9.00. The molecular weight excluding hydrogens is 279 g/mol. The lowest BCUT2D eigenvalue weighted by atomic mass is 10.2. The predicted molar refractivity (Wildman–Crippen MR) is 50.8 cm³/mol. The zero-order valence-electron chi connectivity index (χ0n) is 6.60. The van der Waals surface area contributed by atoms with Crippen LogP contribution in [0.2, 0.25) is 0 Å². The summed E-state index contributed by atoms with van der Waals surface area (Å²) in [6, 6.07) is 5.73. The average molecular weight is 282 g/mol. The van der Waals surface area contributed by atoms with Gasteiger partial charge in [-0.25, -0.2) is 0 Å². The van der Waals surface area contributed by atoms with E-state index in [0.717, 1.165) is 0 Å². The van der Waals surface area contributed by atoms with Crippen LogP contribution in [0.1, 0.15) is 5.56 Å². The van der Waals surface area contributed by atoms with E-state index in [1.165, 1.54) is 18.2 Å². The Morgan fingerprint density at radius 1 is 1.36 bits per heavy atom. The molecule has 0 aromatic heterocycles. The van der Waals surface area contributed by atoms with Gasteiger partial charge in [-0.3, -0.25) is 0 Å². The summed E-state index contributed by atoms with van der Waals surface area (Å²) in [5, 5.41) is 8.53. The number of benzene rings is 1. The van der Waals surface area contributed by atoms with Gasteiger partial charge in [0, 0.05) is 9.37 Å². The van der Waals surface area contributed by atoms with Crippen LogP contribution in [0.5, 0.6) is 0 Å². The van der Waals surface area contributed by atoms with Crippen molar-refractivity contribution in [3.63, 3.8) is 0 Å². The van der Waals surface area contributed by atoms with Gasteiger partial charge in [-0.15, -0.1) is 0 Å². The largest absolute Gasteiger partial charge is 0.446 e. The SMILES string of the molecule is N#Cc1ccc(SC(F)(F)F)cc1Br. The number of hydrogen-bond acceptors (Lipinski definition) is 2. The number of alkyl halides is 3. The predicted octanol–water partition coefficient (Wildman–Crippen LogP) is 3.93. The minimum Gasteiger partial charge on any atom is -0.192 e.